The summed E-state index contributed by atoms with van der Waals surface area (Å²) in [6.07, 6.45) is 1.93. The van der Waals surface area contributed by atoms with Crippen molar-refractivity contribution >= 4 is 11.6 Å². The molecule has 1 aliphatic carbocycles. The summed E-state index contributed by atoms with van der Waals surface area (Å²) in [5.41, 5.74) is 0.0837. The van der Waals surface area contributed by atoms with Gasteiger partial charge in [-0.2, -0.15) is 0 Å². The van der Waals surface area contributed by atoms with Crippen LogP contribution >= 0.6 is 0 Å². The molecule has 17 heavy (non-hydrogen) atoms. The Labute approximate surface area is 97.7 Å². The van der Waals surface area contributed by atoms with Crippen LogP contribution in [0.1, 0.15) is 23.2 Å². The third-order valence-electron chi connectivity index (χ3n) is 2.46. The van der Waals surface area contributed by atoms with Crippen molar-refractivity contribution in [2.24, 2.45) is 0 Å². The fraction of sp³-hybridized carbons (Fsp3) is 0.364. The zero-order valence-corrected chi connectivity index (χ0v) is 9.30. The van der Waals surface area contributed by atoms with Gasteiger partial charge in [0.1, 0.15) is 0 Å². The van der Waals surface area contributed by atoms with E-state index in [1.165, 1.54) is 25.2 Å². The maximum atomic E-state index is 11.4. The lowest BCUT2D eigenvalue weighted by Gasteiger charge is -2.06. The number of carbonyl (C=O) groups excluding carboxylic acids is 1. The van der Waals surface area contributed by atoms with Crippen LogP contribution < -0.4 is 10.1 Å². The van der Waals surface area contributed by atoms with Crippen LogP contribution in [-0.4, -0.2) is 24.0 Å². The number of nitro groups is 1. The zero-order valence-electron chi connectivity index (χ0n) is 9.30. The number of nitrogens with zero attached hydrogens (tertiary/aromatic N) is 1. The fourth-order valence-electron chi connectivity index (χ4n) is 1.41. The molecular formula is C11H12N2O4. The van der Waals surface area contributed by atoms with E-state index in [0.717, 1.165) is 12.8 Å². The first-order valence-corrected chi connectivity index (χ1v) is 5.29. The Kier molecular flexibility index (Phi) is 2.95. The van der Waals surface area contributed by atoms with E-state index in [9.17, 15) is 14.9 Å². The van der Waals surface area contributed by atoms with Gasteiger partial charge in [0, 0.05) is 18.7 Å². The highest BCUT2D eigenvalue weighted by atomic mass is 16.6. The summed E-state index contributed by atoms with van der Waals surface area (Å²) in [7, 11) is 1.47. The molecule has 2 rings (SSSR count). The average molecular weight is 236 g/mol. The van der Waals surface area contributed by atoms with Crippen LogP contribution in [0.25, 0.3) is 0 Å². The molecule has 6 nitrogen and oxygen atoms in total. The molecule has 1 aliphatic rings. The normalized spacial score (nSPS) is 14.2. The van der Waals surface area contributed by atoms with Gasteiger partial charge in [-0.1, -0.05) is 0 Å². The van der Waals surface area contributed by atoms with Crippen molar-refractivity contribution in [3.8, 4) is 5.75 Å². The van der Waals surface area contributed by atoms with Crippen LogP contribution in [0.4, 0.5) is 5.69 Å². The lowest BCUT2D eigenvalue weighted by atomic mass is 10.2. The molecule has 0 saturated heterocycles. The minimum Gasteiger partial charge on any atom is -0.483 e. The van der Waals surface area contributed by atoms with Crippen LogP contribution in [0.15, 0.2) is 18.2 Å². The van der Waals surface area contributed by atoms with Gasteiger partial charge in [0.25, 0.3) is 5.91 Å². The maximum Gasteiger partial charge on any atom is 0.311 e. The summed E-state index contributed by atoms with van der Waals surface area (Å²) in [6.45, 7) is 0. The lowest BCUT2D eigenvalue weighted by molar-refractivity contribution is -0.386. The topological polar surface area (TPSA) is 81.5 Å². The fourth-order valence-corrected chi connectivity index (χ4v) is 1.41. The number of hydrogen-bond acceptors (Lipinski definition) is 4. The number of carbonyl (C=O) groups is 1. The molecule has 0 bridgehead atoms. The summed E-state index contributed by atoms with van der Waals surface area (Å²) in [5, 5.41) is 13.3. The van der Waals surface area contributed by atoms with Gasteiger partial charge in [-0.3, -0.25) is 14.9 Å². The molecule has 6 heteroatoms. The minimum atomic E-state index is -0.538. The van der Waals surface area contributed by atoms with Crippen molar-refractivity contribution in [2.45, 2.75) is 18.9 Å². The highest BCUT2D eigenvalue weighted by molar-refractivity contribution is 5.94. The van der Waals surface area contributed by atoms with Crippen LogP contribution in [0.3, 0.4) is 0 Å². The van der Waals surface area contributed by atoms with Crippen LogP contribution in [0.2, 0.25) is 0 Å². The molecular weight excluding hydrogens is 224 g/mol. The van der Waals surface area contributed by atoms with Gasteiger partial charge in [0.05, 0.1) is 11.0 Å². The van der Waals surface area contributed by atoms with E-state index >= 15 is 0 Å². The smallest absolute Gasteiger partial charge is 0.311 e. The maximum absolute atomic E-state index is 11.4. The number of ether oxygens (including phenoxy) is 1. The zero-order chi connectivity index (χ0) is 12.4. The predicted octanol–water partition coefficient (Wildman–Crippen LogP) is 1.50. The summed E-state index contributed by atoms with van der Waals surface area (Å²) >= 11 is 0. The quantitative estimate of drug-likeness (QED) is 0.634. The molecule has 1 aromatic rings. The van der Waals surface area contributed by atoms with Crippen molar-refractivity contribution < 1.29 is 14.5 Å². The summed E-state index contributed by atoms with van der Waals surface area (Å²) in [4.78, 5) is 21.7. The van der Waals surface area contributed by atoms with Gasteiger partial charge in [-0.25, -0.2) is 0 Å². The minimum absolute atomic E-state index is 0.0829. The number of hydrogen-bond donors (Lipinski definition) is 1. The van der Waals surface area contributed by atoms with E-state index in [1.54, 1.807) is 0 Å². The summed E-state index contributed by atoms with van der Waals surface area (Å²) < 4.78 is 5.41. The first kappa shape index (κ1) is 11.4. The predicted molar refractivity (Wildman–Crippen MR) is 60.1 cm³/mol. The van der Waals surface area contributed by atoms with Crippen LogP contribution in [0.5, 0.6) is 5.75 Å². The van der Waals surface area contributed by atoms with Gasteiger partial charge in [0.15, 0.2) is 5.75 Å². The van der Waals surface area contributed by atoms with Crippen molar-refractivity contribution in [3.05, 3.63) is 33.9 Å². The molecule has 0 atom stereocenters. The number of rotatable bonds is 4. The van der Waals surface area contributed by atoms with Gasteiger partial charge in [-0.15, -0.1) is 0 Å². The molecule has 0 radical (unpaired) electrons. The molecule has 90 valence electrons. The molecule has 1 saturated carbocycles. The van der Waals surface area contributed by atoms with E-state index in [0.29, 0.717) is 0 Å². The highest BCUT2D eigenvalue weighted by Gasteiger charge is 2.27. The number of nitrogens with one attached hydrogen (secondary N) is 1. The monoisotopic (exact) mass is 236 g/mol. The second-order valence-corrected chi connectivity index (χ2v) is 3.84. The van der Waals surface area contributed by atoms with Gasteiger partial charge >= 0.3 is 5.69 Å². The molecule has 1 aromatic carbocycles. The van der Waals surface area contributed by atoms with Gasteiger partial charge < -0.3 is 10.1 Å². The van der Waals surface area contributed by atoms with E-state index in [4.69, 9.17) is 4.74 Å². The van der Waals surface area contributed by atoms with Crippen LogP contribution in [0, 0.1) is 10.1 Å². The summed E-state index contributed by atoms with van der Waals surface area (Å²) in [5.74, 6) is -0.128. The van der Waals surface area contributed by atoms with E-state index < -0.39 is 4.92 Å². The van der Waals surface area contributed by atoms with Gasteiger partial charge in [-0.05, 0) is 25.0 Å². The lowest BCUT2D eigenvalue weighted by Crippen LogP contribution is -2.17. The molecule has 1 N–H and O–H groups in total. The molecule has 0 heterocycles. The summed E-state index contributed by atoms with van der Waals surface area (Å²) in [6, 6.07) is 4.22. The number of benzene rings is 1. The van der Waals surface area contributed by atoms with Crippen LogP contribution in [-0.2, 0) is 0 Å². The van der Waals surface area contributed by atoms with E-state index in [1.807, 2.05) is 0 Å². The Morgan fingerprint density at radius 2 is 2.24 bits per heavy atom. The van der Waals surface area contributed by atoms with E-state index in [-0.39, 0.29) is 29.0 Å². The first-order valence-electron chi connectivity index (χ1n) is 5.29. The third-order valence-corrected chi connectivity index (χ3v) is 2.46. The van der Waals surface area contributed by atoms with Crippen molar-refractivity contribution in [1.82, 2.24) is 5.32 Å². The Hall–Kier alpha value is -2.11. The largest absolute Gasteiger partial charge is 0.483 e. The Balaban J connectivity index is 2.32. The molecule has 0 aliphatic heterocycles. The Bertz CT molecular complexity index is 469. The van der Waals surface area contributed by atoms with Crippen molar-refractivity contribution in [2.75, 3.05) is 7.05 Å². The number of amides is 1. The standard InChI is InChI=1S/C11H12N2O4/c1-12-11(14)7-2-5-10(17-8-3-4-8)9(6-7)13(15)16/h2,5-6,8H,3-4H2,1H3,(H,12,14). The second kappa shape index (κ2) is 4.40. The van der Waals surface area contributed by atoms with Crippen molar-refractivity contribution in [1.29, 1.82) is 0 Å². The molecule has 1 amide bonds. The van der Waals surface area contributed by atoms with Gasteiger partial charge in [0.2, 0.25) is 0 Å². The third kappa shape index (κ3) is 2.52. The highest BCUT2D eigenvalue weighted by Crippen LogP contribution is 2.33. The Morgan fingerprint density at radius 3 is 2.76 bits per heavy atom. The Morgan fingerprint density at radius 1 is 1.53 bits per heavy atom. The molecule has 0 spiro atoms. The van der Waals surface area contributed by atoms with E-state index in [2.05, 4.69) is 5.32 Å². The SMILES string of the molecule is CNC(=O)c1ccc(OC2CC2)c([N+](=O)[O-])c1. The molecule has 0 unspecified atom stereocenters. The molecule has 0 aromatic heterocycles. The second-order valence-electron chi connectivity index (χ2n) is 3.84. The van der Waals surface area contributed by atoms with Crippen molar-refractivity contribution in [3.63, 3.8) is 0 Å². The average Bonchev–Trinajstić information content (AvgIpc) is 3.12. The first-order chi connectivity index (χ1) is 8.11. The molecule has 1 fully saturated rings. The number of nitro benzene ring substituents is 1.